The lowest BCUT2D eigenvalue weighted by molar-refractivity contribution is 0.415. The van der Waals surface area contributed by atoms with Gasteiger partial charge in [-0.1, -0.05) is 0 Å². The summed E-state index contributed by atoms with van der Waals surface area (Å²) in [5.74, 6) is 0.970. The Hall–Kier alpha value is -2.56. The largest absolute Gasteiger partial charge is 0.508 e. The van der Waals surface area contributed by atoms with Crippen molar-refractivity contribution in [3.05, 3.63) is 42.5 Å². The molecule has 0 fully saturated rings. The number of rotatable bonds is 2. The molecular formula is C13H11N3O2. The summed E-state index contributed by atoms with van der Waals surface area (Å²) in [6, 6.07) is 12.3. The number of aromatic nitrogens is 3. The van der Waals surface area contributed by atoms with Crippen LogP contribution in [0.5, 0.6) is 11.5 Å². The number of hydrogen-bond acceptors (Lipinski definition) is 4. The number of methoxy groups -OCH3 is 1. The molecule has 0 aliphatic carbocycles. The molecule has 0 bridgehead atoms. The summed E-state index contributed by atoms with van der Waals surface area (Å²) in [6.07, 6.45) is 0. The second-order valence-corrected chi connectivity index (χ2v) is 3.86. The van der Waals surface area contributed by atoms with Crippen molar-refractivity contribution >= 4 is 11.0 Å². The summed E-state index contributed by atoms with van der Waals surface area (Å²) in [5.41, 5.74) is 2.36. The number of phenolic OH excluding ortho intramolecular Hbond substituents is 1. The summed E-state index contributed by atoms with van der Waals surface area (Å²) in [6.45, 7) is 0. The van der Waals surface area contributed by atoms with Crippen molar-refractivity contribution in [3.63, 3.8) is 0 Å². The minimum absolute atomic E-state index is 0.220. The summed E-state index contributed by atoms with van der Waals surface area (Å²) in [5, 5.41) is 18.0. The SMILES string of the molecule is COc1ccc2nn(-c3ccc(O)cc3)nc2c1. The van der Waals surface area contributed by atoms with E-state index in [9.17, 15) is 5.11 Å². The van der Waals surface area contributed by atoms with Crippen LogP contribution in [0, 0.1) is 0 Å². The van der Waals surface area contributed by atoms with Gasteiger partial charge in [0, 0.05) is 6.07 Å². The van der Waals surface area contributed by atoms with E-state index in [4.69, 9.17) is 4.74 Å². The molecule has 3 rings (SSSR count). The first kappa shape index (κ1) is 10.6. The molecule has 3 aromatic rings. The van der Waals surface area contributed by atoms with Gasteiger partial charge in [-0.25, -0.2) is 0 Å². The maximum absolute atomic E-state index is 9.25. The van der Waals surface area contributed by atoms with Gasteiger partial charge in [0.1, 0.15) is 22.5 Å². The van der Waals surface area contributed by atoms with Crippen molar-refractivity contribution in [2.75, 3.05) is 7.11 Å². The minimum atomic E-state index is 0.220. The Morgan fingerprint density at radius 2 is 1.72 bits per heavy atom. The molecule has 5 nitrogen and oxygen atoms in total. The maximum Gasteiger partial charge on any atom is 0.121 e. The van der Waals surface area contributed by atoms with E-state index in [-0.39, 0.29) is 5.75 Å². The quantitative estimate of drug-likeness (QED) is 0.746. The van der Waals surface area contributed by atoms with Crippen LogP contribution in [0.3, 0.4) is 0 Å². The van der Waals surface area contributed by atoms with E-state index >= 15 is 0 Å². The van der Waals surface area contributed by atoms with Crippen LogP contribution in [0.15, 0.2) is 42.5 Å². The molecule has 1 heterocycles. The summed E-state index contributed by atoms with van der Waals surface area (Å²) < 4.78 is 5.14. The lowest BCUT2D eigenvalue weighted by Gasteiger charge is -1.98. The Morgan fingerprint density at radius 1 is 1.00 bits per heavy atom. The fourth-order valence-electron chi connectivity index (χ4n) is 1.72. The van der Waals surface area contributed by atoms with E-state index in [0.29, 0.717) is 0 Å². The molecule has 0 amide bonds. The molecule has 0 unspecified atom stereocenters. The molecule has 5 heteroatoms. The van der Waals surface area contributed by atoms with Gasteiger partial charge in [-0.2, -0.15) is 4.80 Å². The van der Waals surface area contributed by atoms with Gasteiger partial charge in [-0.05, 0) is 36.4 Å². The van der Waals surface area contributed by atoms with Gasteiger partial charge in [-0.3, -0.25) is 0 Å². The first-order valence-electron chi connectivity index (χ1n) is 5.47. The number of ether oxygens (including phenoxy) is 1. The lowest BCUT2D eigenvalue weighted by Crippen LogP contribution is -1.97. The molecule has 0 aliphatic heterocycles. The first-order valence-corrected chi connectivity index (χ1v) is 5.47. The molecule has 0 saturated carbocycles. The Kier molecular flexibility index (Phi) is 2.37. The fourth-order valence-corrected chi connectivity index (χ4v) is 1.72. The van der Waals surface area contributed by atoms with Gasteiger partial charge in [0.25, 0.3) is 0 Å². The van der Waals surface area contributed by atoms with E-state index in [1.807, 2.05) is 18.2 Å². The van der Waals surface area contributed by atoms with Crippen LogP contribution in [0.4, 0.5) is 0 Å². The molecule has 0 saturated heterocycles. The van der Waals surface area contributed by atoms with Gasteiger partial charge >= 0.3 is 0 Å². The molecule has 0 spiro atoms. The molecule has 2 aromatic carbocycles. The third kappa shape index (κ3) is 1.75. The zero-order valence-electron chi connectivity index (χ0n) is 9.74. The highest BCUT2D eigenvalue weighted by Gasteiger charge is 2.05. The van der Waals surface area contributed by atoms with Crippen molar-refractivity contribution in [2.24, 2.45) is 0 Å². The molecule has 1 aromatic heterocycles. The van der Waals surface area contributed by atoms with Crippen LogP contribution < -0.4 is 4.74 Å². The Bertz CT molecular complexity index is 689. The molecule has 0 aliphatic rings. The van der Waals surface area contributed by atoms with Crippen molar-refractivity contribution in [3.8, 4) is 17.2 Å². The molecule has 90 valence electrons. The van der Waals surface area contributed by atoms with E-state index in [1.54, 1.807) is 31.4 Å². The number of phenols is 1. The Labute approximate surface area is 103 Å². The summed E-state index contributed by atoms with van der Waals surface area (Å²) in [4.78, 5) is 1.53. The van der Waals surface area contributed by atoms with Crippen LogP contribution in [0.1, 0.15) is 0 Å². The smallest absolute Gasteiger partial charge is 0.121 e. The number of fused-ring (bicyclic) bond motifs is 1. The highest BCUT2D eigenvalue weighted by molar-refractivity contribution is 5.75. The van der Waals surface area contributed by atoms with Crippen molar-refractivity contribution in [1.82, 2.24) is 15.0 Å². The zero-order valence-corrected chi connectivity index (χ0v) is 9.74. The van der Waals surface area contributed by atoms with Gasteiger partial charge in [-0.15, -0.1) is 10.2 Å². The van der Waals surface area contributed by atoms with Gasteiger partial charge < -0.3 is 9.84 Å². The number of nitrogens with zero attached hydrogens (tertiary/aromatic N) is 3. The van der Waals surface area contributed by atoms with E-state index in [0.717, 1.165) is 22.5 Å². The highest BCUT2D eigenvalue weighted by Crippen LogP contribution is 2.19. The first-order chi connectivity index (χ1) is 8.76. The van der Waals surface area contributed by atoms with E-state index in [2.05, 4.69) is 10.2 Å². The Balaban J connectivity index is 2.10. The van der Waals surface area contributed by atoms with Gasteiger partial charge in [0.05, 0.1) is 12.8 Å². The van der Waals surface area contributed by atoms with Crippen molar-refractivity contribution in [2.45, 2.75) is 0 Å². The number of benzene rings is 2. The zero-order chi connectivity index (χ0) is 12.5. The molecular weight excluding hydrogens is 230 g/mol. The predicted molar refractivity (Wildman–Crippen MR) is 67.1 cm³/mol. The average molecular weight is 241 g/mol. The van der Waals surface area contributed by atoms with Gasteiger partial charge in [0.2, 0.25) is 0 Å². The lowest BCUT2D eigenvalue weighted by atomic mass is 10.3. The van der Waals surface area contributed by atoms with Crippen molar-refractivity contribution < 1.29 is 9.84 Å². The average Bonchev–Trinajstić information content (AvgIpc) is 2.82. The minimum Gasteiger partial charge on any atom is -0.508 e. The van der Waals surface area contributed by atoms with Crippen LogP contribution >= 0.6 is 0 Å². The van der Waals surface area contributed by atoms with Crippen LogP contribution in [0.25, 0.3) is 16.7 Å². The molecule has 18 heavy (non-hydrogen) atoms. The van der Waals surface area contributed by atoms with Crippen LogP contribution in [0.2, 0.25) is 0 Å². The third-order valence-electron chi connectivity index (χ3n) is 2.67. The van der Waals surface area contributed by atoms with E-state index < -0.39 is 0 Å². The van der Waals surface area contributed by atoms with E-state index in [1.165, 1.54) is 4.80 Å². The molecule has 0 atom stereocenters. The molecule has 0 radical (unpaired) electrons. The monoisotopic (exact) mass is 241 g/mol. The normalized spacial score (nSPS) is 10.7. The number of aromatic hydroxyl groups is 1. The van der Waals surface area contributed by atoms with Crippen molar-refractivity contribution in [1.29, 1.82) is 0 Å². The number of hydrogen-bond donors (Lipinski definition) is 1. The fraction of sp³-hybridized carbons (Fsp3) is 0.0769. The Morgan fingerprint density at radius 3 is 2.44 bits per heavy atom. The topological polar surface area (TPSA) is 60.2 Å². The van der Waals surface area contributed by atoms with Crippen LogP contribution in [-0.2, 0) is 0 Å². The van der Waals surface area contributed by atoms with Crippen LogP contribution in [-0.4, -0.2) is 27.2 Å². The third-order valence-corrected chi connectivity index (χ3v) is 2.67. The predicted octanol–water partition coefficient (Wildman–Crippen LogP) is 2.13. The summed E-state index contributed by atoms with van der Waals surface area (Å²) in [7, 11) is 1.62. The summed E-state index contributed by atoms with van der Waals surface area (Å²) >= 11 is 0. The molecule has 1 N–H and O–H groups in total. The second kappa shape index (κ2) is 4.03. The highest BCUT2D eigenvalue weighted by atomic mass is 16.5. The second-order valence-electron chi connectivity index (χ2n) is 3.86. The standard InChI is InChI=1S/C13H11N3O2/c1-18-11-6-7-12-13(8-11)15-16(14-12)9-2-4-10(17)5-3-9/h2-8,17H,1H3. The maximum atomic E-state index is 9.25. The van der Waals surface area contributed by atoms with Gasteiger partial charge in [0.15, 0.2) is 0 Å².